The Balaban J connectivity index is 2.54. The molecule has 2 unspecified atom stereocenters. The van der Waals surface area contributed by atoms with Crippen LogP contribution in [0, 0.1) is 5.92 Å². The lowest BCUT2D eigenvalue weighted by molar-refractivity contribution is 0.242. The van der Waals surface area contributed by atoms with Crippen molar-refractivity contribution >= 4 is 0 Å². The fourth-order valence-electron chi connectivity index (χ4n) is 1.60. The standard InChI is InChI=1S/C9H16O/c1-7-4-3-5-9(7)6-8(2)10/h6-8,10H,3-5H2,1-2H3/b9-6-. The van der Waals surface area contributed by atoms with Gasteiger partial charge in [0, 0.05) is 0 Å². The first-order valence-electron chi connectivity index (χ1n) is 4.09. The molecule has 1 aliphatic rings. The molecule has 0 spiro atoms. The van der Waals surface area contributed by atoms with Gasteiger partial charge >= 0.3 is 0 Å². The molecule has 0 bridgehead atoms. The maximum atomic E-state index is 9.05. The summed E-state index contributed by atoms with van der Waals surface area (Å²) in [6.45, 7) is 4.05. The van der Waals surface area contributed by atoms with E-state index in [1.807, 2.05) is 13.0 Å². The molecule has 1 heteroatoms. The van der Waals surface area contributed by atoms with Gasteiger partial charge in [-0.05, 0) is 32.1 Å². The summed E-state index contributed by atoms with van der Waals surface area (Å²) in [6, 6.07) is 0. The minimum Gasteiger partial charge on any atom is -0.389 e. The SMILES string of the molecule is CC(O)/C=C1/CCCC1C. The molecule has 1 saturated carbocycles. The fraction of sp³-hybridized carbons (Fsp3) is 0.778. The van der Waals surface area contributed by atoms with Crippen molar-refractivity contribution in [2.75, 3.05) is 0 Å². The average Bonchev–Trinajstić information content (AvgIpc) is 2.15. The van der Waals surface area contributed by atoms with E-state index in [9.17, 15) is 0 Å². The molecular weight excluding hydrogens is 124 g/mol. The second-order valence-electron chi connectivity index (χ2n) is 3.28. The Morgan fingerprint density at radius 1 is 1.70 bits per heavy atom. The van der Waals surface area contributed by atoms with Crippen molar-refractivity contribution < 1.29 is 5.11 Å². The van der Waals surface area contributed by atoms with Crippen LogP contribution in [-0.2, 0) is 0 Å². The van der Waals surface area contributed by atoms with E-state index in [0.717, 1.165) is 5.92 Å². The molecule has 0 saturated heterocycles. The largest absolute Gasteiger partial charge is 0.389 e. The summed E-state index contributed by atoms with van der Waals surface area (Å²) >= 11 is 0. The number of aliphatic hydroxyl groups is 1. The van der Waals surface area contributed by atoms with Crippen molar-refractivity contribution in [2.45, 2.75) is 39.2 Å². The molecule has 1 aliphatic carbocycles. The number of rotatable bonds is 1. The van der Waals surface area contributed by atoms with Crippen LogP contribution in [0.1, 0.15) is 33.1 Å². The number of hydrogen-bond donors (Lipinski definition) is 1. The van der Waals surface area contributed by atoms with Gasteiger partial charge < -0.3 is 5.11 Å². The van der Waals surface area contributed by atoms with Crippen molar-refractivity contribution in [3.63, 3.8) is 0 Å². The van der Waals surface area contributed by atoms with Crippen molar-refractivity contribution in [3.8, 4) is 0 Å². The van der Waals surface area contributed by atoms with Gasteiger partial charge in [-0.1, -0.05) is 18.6 Å². The zero-order valence-electron chi connectivity index (χ0n) is 6.80. The monoisotopic (exact) mass is 140 g/mol. The van der Waals surface area contributed by atoms with Gasteiger partial charge in [0.15, 0.2) is 0 Å². The third-order valence-corrected chi connectivity index (χ3v) is 2.19. The van der Waals surface area contributed by atoms with Crippen LogP contribution in [0.3, 0.4) is 0 Å². The Bertz CT molecular complexity index is 136. The van der Waals surface area contributed by atoms with E-state index >= 15 is 0 Å². The summed E-state index contributed by atoms with van der Waals surface area (Å²) in [5.74, 6) is 0.717. The number of aliphatic hydroxyl groups excluding tert-OH is 1. The summed E-state index contributed by atoms with van der Waals surface area (Å²) in [6.07, 6.45) is 5.55. The van der Waals surface area contributed by atoms with Crippen LogP contribution in [0.4, 0.5) is 0 Å². The fourth-order valence-corrected chi connectivity index (χ4v) is 1.60. The third kappa shape index (κ3) is 1.84. The highest BCUT2D eigenvalue weighted by atomic mass is 16.3. The molecule has 1 nitrogen and oxygen atoms in total. The molecule has 1 rings (SSSR count). The van der Waals surface area contributed by atoms with Crippen molar-refractivity contribution in [2.24, 2.45) is 5.92 Å². The van der Waals surface area contributed by atoms with Crippen molar-refractivity contribution in [3.05, 3.63) is 11.6 Å². The van der Waals surface area contributed by atoms with Gasteiger partial charge in [-0.3, -0.25) is 0 Å². The molecule has 1 fully saturated rings. The molecule has 0 aromatic carbocycles. The molecule has 10 heavy (non-hydrogen) atoms. The van der Waals surface area contributed by atoms with Gasteiger partial charge in [0.2, 0.25) is 0 Å². The van der Waals surface area contributed by atoms with Crippen LogP contribution in [0.5, 0.6) is 0 Å². The first-order valence-corrected chi connectivity index (χ1v) is 4.09. The lowest BCUT2D eigenvalue weighted by atomic mass is 10.0. The Hall–Kier alpha value is -0.300. The Morgan fingerprint density at radius 3 is 2.80 bits per heavy atom. The summed E-state index contributed by atoms with van der Waals surface area (Å²) in [5.41, 5.74) is 1.45. The molecule has 2 atom stereocenters. The molecule has 0 aliphatic heterocycles. The average molecular weight is 140 g/mol. The Kier molecular flexibility index (Phi) is 2.50. The van der Waals surface area contributed by atoms with Gasteiger partial charge in [-0.2, -0.15) is 0 Å². The van der Waals surface area contributed by atoms with Crippen molar-refractivity contribution in [1.82, 2.24) is 0 Å². The maximum absolute atomic E-state index is 9.05. The van der Waals surface area contributed by atoms with Crippen molar-refractivity contribution in [1.29, 1.82) is 0 Å². The molecule has 0 aromatic heterocycles. The Morgan fingerprint density at radius 2 is 2.40 bits per heavy atom. The van der Waals surface area contributed by atoms with Crippen LogP contribution in [0.25, 0.3) is 0 Å². The predicted octanol–water partition coefficient (Wildman–Crippen LogP) is 2.11. The maximum Gasteiger partial charge on any atom is 0.0695 e. The summed E-state index contributed by atoms with van der Waals surface area (Å²) in [5, 5.41) is 9.05. The second-order valence-corrected chi connectivity index (χ2v) is 3.28. The lowest BCUT2D eigenvalue weighted by Gasteiger charge is -2.04. The Labute approximate surface area is 62.8 Å². The molecule has 0 amide bonds. The molecular formula is C9H16O. The van der Waals surface area contributed by atoms with Gasteiger partial charge in [0.05, 0.1) is 6.10 Å². The zero-order valence-corrected chi connectivity index (χ0v) is 6.80. The van der Waals surface area contributed by atoms with E-state index in [1.54, 1.807) is 0 Å². The second kappa shape index (κ2) is 3.20. The van der Waals surface area contributed by atoms with Crippen LogP contribution in [0.2, 0.25) is 0 Å². The van der Waals surface area contributed by atoms with E-state index in [0.29, 0.717) is 0 Å². The zero-order chi connectivity index (χ0) is 7.56. The van der Waals surface area contributed by atoms with Gasteiger partial charge in [-0.25, -0.2) is 0 Å². The number of allylic oxidation sites excluding steroid dienone is 1. The van der Waals surface area contributed by atoms with Crippen LogP contribution in [-0.4, -0.2) is 11.2 Å². The van der Waals surface area contributed by atoms with E-state index in [4.69, 9.17) is 5.11 Å². The minimum absolute atomic E-state index is 0.254. The van der Waals surface area contributed by atoms with Gasteiger partial charge in [0.1, 0.15) is 0 Å². The van der Waals surface area contributed by atoms with E-state index in [-0.39, 0.29) is 6.10 Å². The highest BCUT2D eigenvalue weighted by Crippen LogP contribution is 2.30. The summed E-state index contributed by atoms with van der Waals surface area (Å²) in [4.78, 5) is 0. The third-order valence-electron chi connectivity index (χ3n) is 2.19. The molecule has 0 radical (unpaired) electrons. The summed E-state index contributed by atoms with van der Waals surface area (Å²) < 4.78 is 0. The predicted molar refractivity (Wildman–Crippen MR) is 42.8 cm³/mol. The molecule has 1 N–H and O–H groups in total. The first-order chi connectivity index (χ1) is 4.70. The van der Waals surface area contributed by atoms with Crippen LogP contribution >= 0.6 is 0 Å². The first kappa shape index (κ1) is 7.80. The summed E-state index contributed by atoms with van der Waals surface area (Å²) in [7, 11) is 0. The topological polar surface area (TPSA) is 20.2 Å². The lowest BCUT2D eigenvalue weighted by Crippen LogP contribution is -1.98. The van der Waals surface area contributed by atoms with Crippen LogP contribution < -0.4 is 0 Å². The highest BCUT2D eigenvalue weighted by molar-refractivity contribution is 5.11. The minimum atomic E-state index is -0.254. The molecule has 58 valence electrons. The van der Waals surface area contributed by atoms with Gasteiger partial charge in [0.25, 0.3) is 0 Å². The number of hydrogen-bond acceptors (Lipinski definition) is 1. The van der Waals surface area contributed by atoms with E-state index in [2.05, 4.69) is 6.92 Å². The van der Waals surface area contributed by atoms with E-state index < -0.39 is 0 Å². The smallest absolute Gasteiger partial charge is 0.0695 e. The van der Waals surface area contributed by atoms with E-state index in [1.165, 1.54) is 24.8 Å². The normalized spacial score (nSPS) is 33.1. The quantitative estimate of drug-likeness (QED) is 0.553. The molecule has 0 aromatic rings. The van der Waals surface area contributed by atoms with Crippen LogP contribution in [0.15, 0.2) is 11.6 Å². The molecule has 0 heterocycles. The highest BCUT2D eigenvalue weighted by Gasteiger charge is 2.15. The van der Waals surface area contributed by atoms with Gasteiger partial charge in [-0.15, -0.1) is 0 Å².